The summed E-state index contributed by atoms with van der Waals surface area (Å²) in [5, 5.41) is 3.96. The molecule has 1 aromatic carbocycles. The van der Waals surface area contributed by atoms with E-state index >= 15 is 0 Å². The summed E-state index contributed by atoms with van der Waals surface area (Å²) in [7, 11) is -3.21. The lowest BCUT2D eigenvalue weighted by Crippen LogP contribution is -2.02. The van der Waals surface area contributed by atoms with E-state index in [2.05, 4.69) is 10.1 Å². The number of anilines is 1. The Balaban J connectivity index is 2.38. The Kier molecular flexibility index (Phi) is 3.27. The second-order valence-corrected chi connectivity index (χ2v) is 6.33. The second-order valence-electron chi connectivity index (χ2n) is 3.79. The smallest absolute Gasteiger partial charge is 0.260 e. The number of benzene rings is 1. The van der Waals surface area contributed by atoms with Crippen molar-refractivity contribution < 1.29 is 12.9 Å². The first kappa shape index (κ1) is 12.8. The van der Waals surface area contributed by atoms with Gasteiger partial charge in [-0.3, -0.25) is 0 Å². The highest BCUT2D eigenvalue weighted by Gasteiger charge is 2.15. The number of aromatic nitrogens is 2. The van der Waals surface area contributed by atoms with Gasteiger partial charge in [0.2, 0.25) is 0 Å². The van der Waals surface area contributed by atoms with Gasteiger partial charge in [0, 0.05) is 6.26 Å². The van der Waals surface area contributed by atoms with Crippen LogP contribution in [0.1, 0.15) is 5.82 Å². The van der Waals surface area contributed by atoms with E-state index in [0.717, 1.165) is 6.26 Å². The van der Waals surface area contributed by atoms with E-state index in [0.29, 0.717) is 16.3 Å². The molecule has 1 heterocycles. The zero-order valence-electron chi connectivity index (χ0n) is 9.42. The highest BCUT2D eigenvalue weighted by atomic mass is 35.5. The van der Waals surface area contributed by atoms with Crippen molar-refractivity contribution in [3.63, 3.8) is 0 Å². The standard InChI is InChI=1S/C10H10ClN3O3S/c1-18(15,16)5-8-13-10(17-14-8)6-3-2-4-7(11)9(6)12/h2-4H,5,12H2,1H3. The zero-order valence-corrected chi connectivity index (χ0v) is 11.0. The summed E-state index contributed by atoms with van der Waals surface area (Å²) in [4.78, 5) is 3.97. The minimum absolute atomic E-state index is 0.0897. The molecule has 0 atom stereocenters. The van der Waals surface area contributed by atoms with E-state index < -0.39 is 9.84 Å². The van der Waals surface area contributed by atoms with E-state index in [1.807, 2.05) is 0 Å². The van der Waals surface area contributed by atoms with Crippen LogP contribution >= 0.6 is 11.6 Å². The Hall–Kier alpha value is -1.60. The van der Waals surface area contributed by atoms with Crippen molar-refractivity contribution in [2.24, 2.45) is 0 Å². The van der Waals surface area contributed by atoms with Crippen molar-refractivity contribution in [1.29, 1.82) is 0 Å². The summed E-state index contributed by atoms with van der Waals surface area (Å²) in [6, 6.07) is 4.99. The number of halogens is 1. The Labute approximate surface area is 109 Å². The molecule has 0 aliphatic rings. The zero-order chi connectivity index (χ0) is 13.3. The number of nitrogens with two attached hydrogens (primary N) is 1. The van der Waals surface area contributed by atoms with Crippen LogP contribution in [0.5, 0.6) is 0 Å². The van der Waals surface area contributed by atoms with Crippen molar-refractivity contribution in [2.75, 3.05) is 12.0 Å². The SMILES string of the molecule is CS(=O)(=O)Cc1noc(-c2cccc(Cl)c2N)n1. The largest absolute Gasteiger partial charge is 0.397 e. The molecular formula is C10H10ClN3O3S. The fourth-order valence-corrected chi connectivity index (χ4v) is 2.14. The summed E-state index contributed by atoms with van der Waals surface area (Å²) in [6.45, 7) is 0. The van der Waals surface area contributed by atoms with Crippen molar-refractivity contribution in [3.8, 4) is 11.5 Å². The van der Waals surface area contributed by atoms with Gasteiger partial charge in [0.05, 0.1) is 16.3 Å². The monoisotopic (exact) mass is 287 g/mol. The summed E-state index contributed by atoms with van der Waals surface area (Å²) in [6.07, 6.45) is 1.09. The van der Waals surface area contributed by atoms with Crippen molar-refractivity contribution >= 4 is 27.1 Å². The van der Waals surface area contributed by atoms with Gasteiger partial charge in [-0.2, -0.15) is 4.98 Å². The highest BCUT2D eigenvalue weighted by Crippen LogP contribution is 2.30. The minimum atomic E-state index is -3.21. The predicted octanol–water partition coefficient (Wildman–Crippen LogP) is 1.52. The van der Waals surface area contributed by atoms with Gasteiger partial charge in [0.15, 0.2) is 15.7 Å². The number of rotatable bonds is 3. The van der Waals surface area contributed by atoms with E-state index in [4.69, 9.17) is 21.9 Å². The van der Waals surface area contributed by atoms with Crippen LogP contribution in [0, 0.1) is 0 Å². The molecule has 96 valence electrons. The molecule has 0 spiro atoms. The molecule has 0 amide bonds. The molecule has 18 heavy (non-hydrogen) atoms. The van der Waals surface area contributed by atoms with E-state index in [9.17, 15) is 8.42 Å². The Morgan fingerprint density at radius 3 is 2.83 bits per heavy atom. The predicted molar refractivity (Wildman–Crippen MR) is 67.7 cm³/mol. The van der Waals surface area contributed by atoms with E-state index in [1.54, 1.807) is 18.2 Å². The average Bonchev–Trinajstić information content (AvgIpc) is 2.68. The lowest BCUT2D eigenvalue weighted by molar-refractivity contribution is 0.424. The van der Waals surface area contributed by atoms with Crippen LogP contribution in [0.25, 0.3) is 11.5 Å². The molecule has 2 rings (SSSR count). The molecule has 0 unspecified atom stereocenters. The number of nitrogen functional groups attached to an aromatic ring is 1. The first-order valence-electron chi connectivity index (χ1n) is 4.91. The summed E-state index contributed by atoms with van der Waals surface area (Å²) in [5.74, 6) is -0.0442. The topological polar surface area (TPSA) is 99.1 Å². The summed E-state index contributed by atoms with van der Waals surface area (Å²) < 4.78 is 27.2. The van der Waals surface area contributed by atoms with Gasteiger partial charge in [-0.15, -0.1) is 0 Å². The highest BCUT2D eigenvalue weighted by molar-refractivity contribution is 7.89. The molecule has 0 aliphatic heterocycles. The normalized spacial score (nSPS) is 11.7. The molecule has 0 bridgehead atoms. The maximum absolute atomic E-state index is 11.1. The fourth-order valence-electron chi connectivity index (χ4n) is 1.38. The third-order valence-electron chi connectivity index (χ3n) is 2.14. The molecule has 0 fully saturated rings. The van der Waals surface area contributed by atoms with E-state index in [-0.39, 0.29) is 17.5 Å². The van der Waals surface area contributed by atoms with Crippen molar-refractivity contribution in [2.45, 2.75) is 5.75 Å². The number of hydrogen-bond donors (Lipinski definition) is 1. The van der Waals surface area contributed by atoms with Crippen LogP contribution in [-0.2, 0) is 15.6 Å². The molecule has 1 aromatic heterocycles. The molecule has 2 aromatic rings. The van der Waals surface area contributed by atoms with Crippen LogP contribution in [-0.4, -0.2) is 24.8 Å². The van der Waals surface area contributed by atoms with Crippen molar-refractivity contribution in [1.82, 2.24) is 10.1 Å². The number of sulfone groups is 1. The Morgan fingerprint density at radius 2 is 2.17 bits per heavy atom. The molecule has 6 nitrogen and oxygen atoms in total. The van der Waals surface area contributed by atoms with Crippen LogP contribution < -0.4 is 5.73 Å². The third kappa shape index (κ3) is 2.80. The maximum Gasteiger partial charge on any atom is 0.260 e. The molecule has 2 N–H and O–H groups in total. The van der Waals surface area contributed by atoms with E-state index in [1.165, 1.54) is 0 Å². The minimum Gasteiger partial charge on any atom is -0.397 e. The van der Waals surface area contributed by atoms with Gasteiger partial charge < -0.3 is 10.3 Å². The lowest BCUT2D eigenvalue weighted by atomic mass is 10.2. The molecule has 0 aliphatic carbocycles. The summed E-state index contributed by atoms with van der Waals surface area (Å²) >= 11 is 5.87. The Bertz CT molecular complexity index is 681. The quantitative estimate of drug-likeness (QED) is 0.859. The van der Waals surface area contributed by atoms with Gasteiger partial charge in [-0.25, -0.2) is 8.42 Å². The molecule has 0 saturated heterocycles. The molecule has 0 saturated carbocycles. The maximum atomic E-state index is 11.1. The van der Waals surface area contributed by atoms with Gasteiger partial charge in [0.1, 0.15) is 5.75 Å². The first-order valence-corrected chi connectivity index (χ1v) is 7.35. The first-order chi connectivity index (χ1) is 8.37. The number of nitrogens with zero attached hydrogens (tertiary/aromatic N) is 2. The average molecular weight is 288 g/mol. The van der Waals surface area contributed by atoms with Gasteiger partial charge in [0.25, 0.3) is 5.89 Å². The molecule has 0 radical (unpaired) electrons. The lowest BCUT2D eigenvalue weighted by Gasteiger charge is -2.01. The van der Waals surface area contributed by atoms with Crippen LogP contribution in [0.2, 0.25) is 5.02 Å². The number of para-hydroxylation sites is 1. The van der Waals surface area contributed by atoms with Crippen molar-refractivity contribution in [3.05, 3.63) is 29.0 Å². The van der Waals surface area contributed by atoms with Gasteiger partial charge in [-0.1, -0.05) is 22.8 Å². The van der Waals surface area contributed by atoms with Crippen LogP contribution in [0.4, 0.5) is 5.69 Å². The third-order valence-corrected chi connectivity index (χ3v) is 3.25. The number of hydrogen-bond acceptors (Lipinski definition) is 6. The molecule has 8 heteroatoms. The summed E-state index contributed by atoms with van der Waals surface area (Å²) in [5.41, 5.74) is 6.57. The Morgan fingerprint density at radius 1 is 1.44 bits per heavy atom. The fraction of sp³-hybridized carbons (Fsp3) is 0.200. The second kappa shape index (κ2) is 4.58. The van der Waals surface area contributed by atoms with Crippen LogP contribution in [0.3, 0.4) is 0 Å². The molecular weight excluding hydrogens is 278 g/mol. The van der Waals surface area contributed by atoms with Crippen LogP contribution in [0.15, 0.2) is 22.7 Å². The van der Waals surface area contributed by atoms with Gasteiger partial charge >= 0.3 is 0 Å². The van der Waals surface area contributed by atoms with Gasteiger partial charge in [-0.05, 0) is 12.1 Å².